The maximum atomic E-state index is 12.1. The normalized spacial score (nSPS) is 19.0. The molecule has 2 rings (SSSR count). The molecule has 21 heavy (non-hydrogen) atoms. The van der Waals surface area contributed by atoms with Crippen LogP contribution in [0.1, 0.15) is 54.9 Å². The number of aryl methyl sites for hydroxylation is 2. The third-order valence-corrected chi connectivity index (χ3v) is 4.19. The number of nitrogens with one attached hydrogen (secondary N) is 1. The number of carbonyl (C=O) groups is 1. The van der Waals surface area contributed by atoms with E-state index in [1.165, 1.54) is 0 Å². The van der Waals surface area contributed by atoms with Crippen LogP contribution in [-0.4, -0.2) is 28.3 Å². The summed E-state index contributed by atoms with van der Waals surface area (Å²) in [5.74, 6) is -0.356. The van der Waals surface area contributed by atoms with E-state index < -0.39 is 11.7 Å². The number of hydrogen-bond donors (Lipinski definition) is 3. The van der Waals surface area contributed by atoms with Crippen LogP contribution in [-0.2, 0) is 4.79 Å². The van der Waals surface area contributed by atoms with Gasteiger partial charge in [-0.3, -0.25) is 4.79 Å². The van der Waals surface area contributed by atoms with Crippen LogP contribution < -0.4 is 5.32 Å². The topological polar surface area (TPSA) is 69.6 Å². The number of benzene rings is 1. The molecule has 1 aromatic carbocycles. The van der Waals surface area contributed by atoms with E-state index in [9.17, 15) is 15.0 Å². The van der Waals surface area contributed by atoms with Gasteiger partial charge in [0, 0.05) is 6.54 Å². The van der Waals surface area contributed by atoms with Crippen LogP contribution in [0, 0.1) is 13.8 Å². The second kappa shape index (κ2) is 6.58. The molecule has 0 radical (unpaired) electrons. The Bertz CT molecular complexity index is 487. The summed E-state index contributed by atoms with van der Waals surface area (Å²) in [7, 11) is 0. The molecule has 1 amide bonds. The van der Waals surface area contributed by atoms with Crippen molar-refractivity contribution < 1.29 is 15.0 Å². The lowest BCUT2D eigenvalue weighted by Crippen LogP contribution is -2.48. The number of amides is 1. The molecule has 1 atom stereocenters. The zero-order chi connectivity index (χ0) is 15.5. The van der Waals surface area contributed by atoms with Crippen LogP contribution in [0.4, 0.5) is 0 Å². The molecule has 1 fully saturated rings. The minimum Gasteiger partial charge on any atom is -0.387 e. The van der Waals surface area contributed by atoms with Crippen LogP contribution in [0.25, 0.3) is 0 Å². The molecule has 1 aliphatic rings. The van der Waals surface area contributed by atoms with E-state index in [1.807, 2.05) is 32.0 Å². The Morgan fingerprint density at radius 2 is 1.76 bits per heavy atom. The van der Waals surface area contributed by atoms with Gasteiger partial charge in [-0.05, 0) is 32.3 Å². The van der Waals surface area contributed by atoms with Crippen molar-refractivity contribution in [1.29, 1.82) is 0 Å². The maximum Gasteiger partial charge on any atom is 0.252 e. The van der Waals surface area contributed by atoms with Crippen molar-refractivity contribution in [3.63, 3.8) is 0 Å². The first-order valence-electron chi connectivity index (χ1n) is 7.68. The minimum atomic E-state index is -1.25. The van der Waals surface area contributed by atoms with Gasteiger partial charge in [0.15, 0.2) is 0 Å². The first kappa shape index (κ1) is 16.0. The van der Waals surface area contributed by atoms with Crippen LogP contribution >= 0.6 is 0 Å². The van der Waals surface area contributed by atoms with E-state index in [-0.39, 0.29) is 12.5 Å². The number of hydrogen-bond acceptors (Lipinski definition) is 3. The van der Waals surface area contributed by atoms with Gasteiger partial charge in [0.25, 0.3) is 5.91 Å². The number of rotatable bonds is 4. The molecule has 1 unspecified atom stereocenters. The highest BCUT2D eigenvalue weighted by Gasteiger charge is 2.36. The molecular formula is C17H25NO3. The van der Waals surface area contributed by atoms with Gasteiger partial charge in [0.2, 0.25) is 0 Å². The Labute approximate surface area is 126 Å². The molecule has 0 heterocycles. The van der Waals surface area contributed by atoms with Gasteiger partial charge in [0.1, 0.15) is 5.60 Å². The first-order valence-corrected chi connectivity index (χ1v) is 7.68. The lowest BCUT2D eigenvalue weighted by atomic mass is 9.84. The van der Waals surface area contributed by atoms with E-state index in [2.05, 4.69) is 5.32 Å². The average Bonchev–Trinajstić information content (AvgIpc) is 2.44. The molecule has 4 nitrogen and oxygen atoms in total. The molecule has 1 aromatic rings. The molecule has 3 N–H and O–H groups in total. The lowest BCUT2D eigenvalue weighted by molar-refractivity contribution is -0.143. The Balaban J connectivity index is 1.94. The van der Waals surface area contributed by atoms with Crippen LogP contribution in [0.5, 0.6) is 0 Å². The molecule has 0 aliphatic heterocycles. The molecule has 0 bridgehead atoms. The fourth-order valence-electron chi connectivity index (χ4n) is 3.04. The number of aliphatic hydroxyl groups excluding tert-OH is 1. The third-order valence-electron chi connectivity index (χ3n) is 4.19. The van der Waals surface area contributed by atoms with Crippen molar-refractivity contribution in [3.8, 4) is 0 Å². The molecule has 4 heteroatoms. The molecule has 116 valence electrons. The highest BCUT2D eigenvalue weighted by atomic mass is 16.3. The van der Waals surface area contributed by atoms with E-state index in [4.69, 9.17) is 0 Å². The van der Waals surface area contributed by atoms with E-state index in [1.54, 1.807) is 0 Å². The van der Waals surface area contributed by atoms with Crippen molar-refractivity contribution >= 4 is 5.91 Å². The van der Waals surface area contributed by atoms with Crippen molar-refractivity contribution in [2.24, 2.45) is 0 Å². The third kappa shape index (κ3) is 4.05. The first-order chi connectivity index (χ1) is 9.90. The molecule has 1 aliphatic carbocycles. The van der Waals surface area contributed by atoms with Crippen molar-refractivity contribution in [1.82, 2.24) is 5.32 Å². The van der Waals surface area contributed by atoms with Gasteiger partial charge >= 0.3 is 0 Å². The summed E-state index contributed by atoms with van der Waals surface area (Å²) in [4.78, 5) is 12.1. The lowest BCUT2D eigenvalue weighted by Gasteiger charge is -2.30. The van der Waals surface area contributed by atoms with Gasteiger partial charge in [-0.15, -0.1) is 0 Å². The molecule has 1 saturated carbocycles. The summed E-state index contributed by atoms with van der Waals surface area (Å²) in [6, 6.07) is 5.87. The summed E-state index contributed by atoms with van der Waals surface area (Å²) in [5.41, 5.74) is 1.71. The van der Waals surface area contributed by atoms with Crippen molar-refractivity contribution in [2.45, 2.75) is 57.7 Å². The minimum absolute atomic E-state index is 0.129. The zero-order valence-corrected chi connectivity index (χ0v) is 12.9. The highest BCUT2D eigenvalue weighted by molar-refractivity contribution is 5.84. The van der Waals surface area contributed by atoms with Gasteiger partial charge in [-0.2, -0.15) is 0 Å². The van der Waals surface area contributed by atoms with Crippen molar-refractivity contribution in [2.75, 3.05) is 6.54 Å². The fraction of sp³-hybridized carbons (Fsp3) is 0.588. The number of aliphatic hydroxyl groups is 2. The van der Waals surface area contributed by atoms with E-state index in [0.29, 0.717) is 12.8 Å². The second-order valence-corrected chi connectivity index (χ2v) is 6.24. The monoisotopic (exact) mass is 291 g/mol. The van der Waals surface area contributed by atoms with Gasteiger partial charge in [0.05, 0.1) is 6.10 Å². The summed E-state index contributed by atoms with van der Waals surface area (Å²) in [6.45, 7) is 4.09. The quantitative estimate of drug-likeness (QED) is 0.796. The molecule has 0 spiro atoms. The fourth-order valence-corrected chi connectivity index (χ4v) is 3.04. The summed E-state index contributed by atoms with van der Waals surface area (Å²) in [5, 5.41) is 23.2. The molecular weight excluding hydrogens is 266 g/mol. The summed E-state index contributed by atoms with van der Waals surface area (Å²) < 4.78 is 0. The average molecular weight is 291 g/mol. The standard InChI is InChI=1S/C17H25NO3/c1-12-8-13(2)10-14(9-12)15(19)11-18-16(20)17(21)6-4-3-5-7-17/h8-10,15,19,21H,3-7,11H2,1-2H3,(H,18,20). The second-order valence-electron chi connectivity index (χ2n) is 6.24. The molecule has 0 aromatic heterocycles. The van der Waals surface area contributed by atoms with Gasteiger partial charge in [-0.25, -0.2) is 0 Å². The van der Waals surface area contributed by atoms with E-state index >= 15 is 0 Å². The molecule has 0 saturated heterocycles. The maximum absolute atomic E-state index is 12.1. The summed E-state index contributed by atoms with van der Waals surface area (Å²) >= 11 is 0. The Morgan fingerprint density at radius 1 is 1.19 bits per heavy atom. The summed E-state index contributed by atoms with van der Waals surface area (Å²) in [6.07, 6.45) is 3.10. The SMILES string of the molecule is Cc1cc(C)cc(C(O)CNC(=O)C2(O)CCCCC2)c1. The predicted molar refractivity (Wildman–Crippen MR) is 81.9 cm³/mol. The van der Waals surface area contributed by atoms with Gasteiger partial charge < -0.3 is 15.5 Å². The Morgan fingerprint density at radius 3 is 2.33 bits per heavy atom. The van der Waals surface area contributed by atoms with E-state index in [0.717, 1.165) is 36.0 Å². The Kier molecular flexibility index (Phi) is 5.01. The zero-order valence-electron chi connectivity index (χ0n) is 12.9. The van der Waals surface area contributed by atoms with Crippen molar-refractivity contribution in [3.05, 3.63) is 34.9 Å². The van der Waals surface area contributed by atoms with Crippen LogP contribution in [0.2, 0.25) is 0 Å². The highest BCUT2D eigenvalue weighted by Crippen LogP contribution is 2.28. The predicted octanol–water partition coefficient (Wildman–Crippen LogP) is 2.15. The van der Waals surface area contributed by atoms with Crippen LogP contribution in [0.15, 0.2) is 18.2 Å². The largest absolute Gasteiger partial charge is 0.387 e. The van der Waals surface area contributed by atoms with Crippen LogP contribution in [0.3, 0.4) is 0 Å². The Hall–Kier alpha value is -1.39. The smallest absolute Gasteiger partial charge is 0.252 e. The van der Waals surface area contributed by atoms with Gasteiger partial charge in [-0.1, -0.05) is 48.6 Å². The number of carbonyl (C=O) groups excluding carboxylic acids is 1.